The Hall–Kier alpha value is -1.98. The smallest absolute Gasteiger partial charge is 0.264 e. The minimum absolute atomic E-state index is 0.202. The van der Waals surface area contributed by atoms with Crippen molar-refractivity contribution in [3.8, 4) is 0 Å². The molecule has 1 aliphatic heterocycles. The summed E-state index contributed by atoms with van der Waals surface area (Å²) in [5, 5.41) is 11.0. The highest BCUT2D eigenvalue weighted by Crippen LogP contribution is 2.43. The van der Waals surface area contributed by atoms with Crippen molar-refractivity contribution >= 4 is 28.7 Å². The van der Waals surface area contributed by atoms with Gasteiger partial charge in [0.1, 0.15) is 0 Å². The minimum atomic E-state index is -1.76. The van der Waals surface area contributed by atoms with Crippen molar-refractivity contribution < 1.29 is 14.7 Å². The fourth-order valence-electron chi connectivity index (χ4n) is 3.03. The van der Waals surface area contributed by atoms with Crippen LogP contribution in [-0.2, 0) is 10.4 Å². The van der Waals surface area contributed by atoms with Gasteiger partial charge >= 0.3 is 0 Å². The van der Waals surface area contributed by atoms with Crippen LogP contribution in [0.2, 0.25) is 0 Å². The van der Waals surface area contributed by atoms with E-state index in [2.05, 4.69) is 0 Å². The van der Waals surface area contributed by atoms with Gasteiger partial charge in [0.25, 0.3) is 5.91 Å². The SMILES string of the molecule is CCCN1C(=O)C(O)(CC(=O)c2ccc(C)s2)c2ccccc21. The molecule has 2 heterocycles. The highest BCUT2D eigenvalue weighted by molar-refractivity contribution is 7.14. The molecule has 4 nitrogen and oxygen atoms in total. The van der Waals surface area contributed by atoms with Crippen LogP contribution in [0, 0.1) is 6.92 Å². The number of ketones is 1. The van der Waals surface area contributed by atoms with E-state index < -0.39 is 11.5 Å². The van der Waals surface area contributed by atoms with E-state index in [1.54, 1.807) is 23.1 Å². The average molecular weight is 329 g/mol. The molecule has 23 heavy (non-hydrogen) atoms. The third kappa shape index (κ3) is 2.60. The van der Waals surface area contributed by atoms with Crippen LogP contribution in [0.3, 0.4) is 0 Å². The number of aryl methyl sites for hydroxylation is 1. The Morgan fingerprint density at radius 2 is 2.00 bits per heavy atom. The molecule has 0 radical (unpaired) electrons. The molecule has 0 bridgehead atoms. The number of benzene rings is 1. The summed E-state index contributed by atoms with van der Waals surface area (Å²) in [7, 11) is 0. The molecule has 0 aliphatic carbocycles. The first-order valence-electron chi connectivity index (χ1n) is 7.71. The van der Waals surface area contributed by atoms with Gasteiger partial charge < -0.3 is 10.0 Å². The Bertz CT molecular complexity index is 767. The van der Waals surface area contributed by atoms with E-state index in [0.29, 0.717) is 22.7 Å². The predicted octanol–water partition coefficient (Wildman–Crippen LogP) is 3.27. The van der Waals surface area contributed by atoms with E-state index in [-0.39, 0.29) is 12.2 Å². The third-order valence-electron chi connectivity index (χ3n) is 4.12. The summed E-state index contributed by atoms with van der Waals surface area (Å²) >= 11 is 1.39. The zero-order valence-corrected chi connectivity index (χ0v) is 14.0. The van der Waals surface area contributed by atoms with Gasteiger partial charge in [-0.2, -0.15) is 0 Å². The van der Waals surface area contributed by atoms with Crippen molar-refractivity contribution in [3.63, 3.8) is 0 Å². The third-order valence-corrected chi connectivity index (χ3v) is 5.16. The molecular formula is C18H19NO3S. The maximum atomic E-state index is 12.8. The molecule has 0 fully saturated rings. The van der Waals surface area contributed by atoms with Crippen molar-refractivity contribution in [2.45, 2.75) is 32.3 Å². The normalized spacial score (nSPS) is 20.0. The molecule has 1 aliphatic rings. The first-order chi connectivity index (χ1) is 11.0. The lowest BCUT2D eigenvalue weighted by Gasteiger charge is -2.22. The number of carbonyl (C=O) groups is 2. The molecule has 1 aromatic heterocycles. The van der Waals surface area contributed by atoms with Gasteiger partial charge in [0.05, 0.1) is 17.0 Å². The van der Waals surface area contributed by atoms with E-state index >= 15 is 0 Å². The van der Waals surface area contributed by atoms with Crippen LogP contribution in [-0.4, -0.2) is 23.3 Å². The quantitative estimate of drug-likeness (QED) is 0.857. The largest absolute Gasteiger partial charge is 0.375 e. The second kappa shape index (κ2) is 5.91. The number of nitrogens with zero attached hydrogens (tertiary/aromatic N) is 1. The molecule has 3 rings (SSSR count). The number of hydrogen-bond acceptors (Lipinski definition) is 4. The van der Waals surface area contributed by atoms with Crippen LogP contribution < -0.4 is 4.90 Å². The summed E-state index contributed by atoms with van der Waals surface area (Å²) in [5.74, 6) is -0.603. The second-order valence-corrected chi connectivity index (χ2v) is 7.13. The molecule has 1 amide bonds. The Kier molecular flexibility index (Phi) is 4.08. The Morgan fingerprint density at radius 1 is 1.26 bits per heavy atom. The number of thiophene rings is 1. The van der Waals surface area contributed by atoms with Crippen molar-refractivity contribution in [3.05, 3.63) is 51.7 Å². The summed E-state index contributed by atoms with van der Waals surface area (Å²) in [6.45, 7) is 4.44. The number of fused-ring (bicyclic) bond motifs is 1. The fraction of sp³-hybridized carbons (Fsp3) is 0.333. The van der Waals surface area contributed by atoms with E-state index in [4.69, 9.17) is 0 Å². The lowest BCUT2D eigenvalue weighted by atomic mass is 9.89. The van der Waals surface area contributed by atoms with Crippen molar-refractivity contribution in [2.75, 3.05) is 11.4 Å². The first kappa shape index (κ1) is 15.9. The van der Waals surface area contributed by atoms with Gasteiger partial charge in [-0.3, -0.25) is 9.59 Å². The van der Waals surface area contributed by atoms with Crippen LogP contribution >= 0.6 is 11.3 Å². The number of para-hydroxylation sites is 1. The summed E-state index contributed by atoms with van der Waals surface area (Å²) in [4.78, 5) is 28.5. The van der Waals surface area contributed by atoms with Gasteiger partial charge in [0, 0.05) is 17.0 Å². The first-order valence-corrected chi connectivity index (χ1v) is 8.52. The van der Waals surface area contributed by atoms with Crippen LogP contribution in [0.4, 0.5) is 5.69 Å². The number of rotatable bonds is 5. The van der Waals surface area contributed by atoms with Crippen LogP contribution in [0.1, 0.15) is 39.9 Å². The van der Waals surface area contributed by atoms with Crippen LogP contribution in [0.25, 0.3) is 0 Å². The minimum Gasteiger partial charge on any atom is -0.375 e. The zero-order chi connectivity index (χ0) is 16.6. The fourth-order valence-corrected chi connectivity index (χ4v) is 3.83. The molecule has 5 heteroatoms. The highest BCUT2D eigenvalue weighted by Gasteiger charge is 2.50. The Morgan fingerprint density at radius 3 is 2.65 bits per heavy atom. The van der Waals surface area contributed by atoms with Crippen molar-refractivity contribution in [2.24, 2.45) is 0 Å². The van der Waals surface area contributed by atoms with E-state index in [1.807, 2.05) is 32.0 Å². The molecule has 1 unspecified atom stereocenters. The Balaban J connectivity index is 1.97. The molecule has 1 N–H and O–H groups in total. The average Bonchev–Trinajstić information content (AvgIpc) is 3.05. The molecule has 1 aromatic carbocycles. The number of hydrogen-bond donors (Lipinski definition) is 1. The van der Waals surface area contributed by atoms with E-state index in [0.717, 1.165) is 11.3 Å². The van der Waals surface area contributed by atoms with Gasteiger partial charge in [-0.05, 0) is 31.5 Å². The molecule has 2 aromatic rings. The number of anilines is 1. The van der Waals surface area contributed by atoms with E-state index in [1.165, 1.54) is 11.3 Å². The zero-order valence-electron chi connectivity index (χ0n) is 13.2. The standard InChI is InChI=1S/C18H19NO3S/c1-3-10-19-14-7-5-4-6-13(14)18(22,17(19)21)11-15(20)16-9-8-12(2)23-16/h4-9,22H,3,10-11H2,1-2H3. The van der Waals surface area contributed by atoms with Gasteiger partial charge in [-0.15, -0.1) is 11.3 Å². The maximum Gasteiger partial charge on any atom is 0.264 e. The lowest BCUT2D eigenvalue weighted by Crippen LogP contribution is -2.42. The maximum absolute atomic E-state index is 12.8. The van der Waals surface area contributed by atoms with Crippen LogP contribution in [0.15, 0.2) is 36.4 Å². The van der Waals surface area contributed by atoms with Gasteiger partial charge in [0.15, 0.2) is 11.4 Å². The molecule has 120 valence electrons. The second-order valence-electron chi connectivity index (χ2n) is 5.84. The number of amides is 1. The van der Waals surface area contributed by atoms with Gasteiger partial charge in [-0.25, -0.2) is 0 Å². The summed E-state index contributed by atoms with van der Waals surface area (Å²) in [6.07, 6.45) is 0.567. The number of Topliss-reactive ketones (excluding diaryl/α,β-unsaturated/α-hetero) is 1. The van der Waals surface area contributed by atoms with Gasteiger partial charge in [0.2, 0.25) is 0 Å². The molecule has 1 atom stereocenters. The summed E-state index contributed by atoms with van der Waals surface area (Å²) in [6, 6.07) is 10.8. The topological polar surface area (TPSA) is 57.6 Å². The number of aliphatic hydroxyl groups is 1. The van der Waals surface area contributed by atoms with Crippen LogP contribution in [0.5, 0.6) is 0 Å². The lowest BCUT2D eigenvalue weighted by molar-refractivity contribution is -0.135. The Labute approximate surface area is 139 Å². The highest BCUT2D eigenvalue weighted by atomic mass is 32.1. The predicted molar refractivity (Wildman–Crippen MR) is 91.0 cm³/mol. The summed E-state index contributed by atoms with van der Waals surface area (Å²) in [5.41, 5.74) is -0.530. The van der Waals surface area contributed by atoms with Gasteiger partial charge in [-0.1, -0.05) is 25.1 Å². The van der Waals surface area contributed by atoms with E-state index in [9.17, 15) is 14.7 Å². The monoisotopic (exact) mass is 329 g/mol. The van der Waals surface area contributed by atoms with Crippen molar-refractivity contribution in [1.29, 1.82) is 0 Å². The molecular weight excluding hydrogens is 310 g/mol. The molecule has 0 spiro atoms. The summed E-state index contributed by atoms with van der Waals surface area (Å²) < 4.78 is 0. The molecule has 0 saturated carbocycles. The number of carbonyl (C=O) groups excluding carboxylic acids is 2. The van der Waals surface area contributed by atoms with Crippen molar-refractivity contribution in [1.82, 2.24) is 0 Å². The molecule has 0 saturated heterocycles.